The number of benzene rings is 1. The van der Waals surface area contributed by atoms with Gasteiger partial charge in [0.25, 0.3) is 10.1 Å². The van der Waals surface area contributed by atoms with E-state index in [0.29, 0.717) is 12.8 Å². The van der Waals surface area contributed by atoms with Gasteiger partial charge in [-0.05, 0) is 38.8 Å². The molecule has 0 heterocycles. The van der Waals surface area contributed by atoms with E-state index in [1.165, 1.54) is 12.1 Å². The molecule has 0 atom stereocenters. The monoisotopic (exact) mass is 312 g/mol. The predicted octanol–water partition coefficient (Wildman–Crippen LogP) is 2.43. The summed E-state index contributed by atoms with van der Waals surface area (Å²) in [5, 5.41) is 0. The first-order valence-electron chi connectivity index (χ1n) is 7.03. The second-order valence-corrected chi connectivity index (χ2v) is 7.00. The molecule has 6 heteroatoms. The highest BCUT2D eigenvalue weighted by molar-refractivity contribution is 7.86. The first-order chi connectivity index (χ1) is 9.89. The number of hydrogen-bond donors (Lipinski definition) is 0. The topological polar surface area (TPSA) is 69.7 Å². The van der Waals surface area contributed by atoms with Crippen LogP contribution in [0.15, 0.2) is 29.2 Å². The van der Waals surface area contributed by atoms with E-state index in [0.717, 1.165) is 12.0 Å². The van der Waals surface area contributed by atoms with Crippen LogP contribution in [0.2, 0.25) is 0 Å². The van der Waals surface area contributed by atoms with Gasteiger partial charge >= 0.3 is 5.97 Å². The van der Waals surface area contributed by atoms with Gasteiger partial charge in [-0.2, -0.15) is 8.42 Å². The first-order valence-corrected chi connectivity index (χ1v) is 8.44. The molecule has 0 unspecified atom stereocenters. The second kappa shape index (κ2) is 6.15. The Morgan fingerprint density at radius 2 is 1.86 bits per heavy atom. The molecule has 0 amide bonds. The lowest BCUT2D eigenvalue weighted by Gasteiger charge is -2.38. The molecular formula is C15H20O5S. The molecule has 1 aromatic rings. The van der Waals surface area contributed by atoms with E-state index >= 15 is 0 Å². The zero-order valence-corrected chi connectivity index (χ0v) is 13.1. The van der Waals surface area contributed by atoms with Gasteiger partial charge in [0, 0.05) is 0 Å². The highest BCUT2D eigenvalue weighted by Gasteiger charge is 2.47. The predicted molar refractivity (Wildman–Crippen MR) is 77.2 cm³/mol. The van der Waals surface area contributed by atoms with E-state index in [-0.39, 0.29) is 24.1 Å². The lowest BCUT2D eigenvalue weighted by molar-refractivity contribution is -0.163. The van der Waals surface area contributed by atoms with Crippen molar-refractivity contribution in [2.45, 2.75) is 38.0 Å². The fourth-order valence-electron chi connectivity index (χ4n) is 2.26. The normalized spacial score (nSPS) is 17.0. The Morgan fingerprint density at radius 1 is 1.24 bits per heavy atom. The van der Waals surface area contributed by atoms with Crippen molar-refractivity contribution in [1.29, 1.82) is 0 Å². The van der Waals surface area contributed by atoms with Crippen molar-refractivity contribution >= 4 is 16.1 Å². The molecule has 1 aromatic carbocycles. The lowest BCUT2D eigenvalue weighted by Crippen LogP contribution is -2.43. The third-order valence-electron chi connectivity index (χ3n) is 3.82. The molecule has 0 spiro atoms. The summed E-state index contributed by atoms with van der Waals surface area (Å²) in [5.74, 6) is -0.365. The molecule has 2 rings (SSSR count). The van der Waals surface area contributed by atoms with Crippen molar-refractivity contribution in [2.24, 2.45) is 5.41 Å². The summed E-state index contributed by atoms with van der Waals surface area (Å²) < 4.78 is 34.4. The molecule has 1 aliphatic rings. The maximum atomic E-state index is 12.1. The maximum Gasteiger partial charge on any atom is 0.314 e. The van der Waals surface area contributed by atoms with Gasteiger partial charge < -0.3 is 4.74 Å². The van der Waals surface area contributed by atoms with Gasteiger partial charge in [0.2, 0.25) is 0 Å². The molecule has 5 nitrogen and oxygen atoms in total. The molecule has 0 radical (unpaired) electrons. The summed E-state index contributed by atoms with van der Waals surface area (Å²) in [6.07, 6.45) is 2.09. The number of esters is 1. The molecule has 1 fully saturated rings. The van der Waals surface area contributed by atoms with Crippen LogP contribution in [0.5, 0.6) is 0 Å². The standard InChI is InChI=1S/C15H20O5S/c1-3-19-14(16)15(9-4-10-15)11-20-21(17,18)13-7-5-12(2)6-8-13/h5-8H,3-4,9-11H2,1-2H3. The van der Waals surface area contributed by atoms with Crippen LogP contribution in [0.3, 0.4) is 0 Å². The van der Waals surface area contributed by atoms with Crippen molar-refractivity contribution in [3.05, 3.63) is 29.8 Å². The van der Waals surface area contributed by atoms with E-state index in [1.54, 1.807) is 19.1 Å². The number of ether oxygens (including phenoxy) is 1. The van der Waals surface area contributed by atoms with E-state index in [1.807, 2.05) is 6.92 Å². The molecule has 116 valence electrons. The fourth-order valence-corrected chi connectivity index (χ4v) is 3.24. The van der Waals surface area contributed by atoms with E-state index in [4.69, 9.17) is 8.92 Å². The van der Waals surface area contributed by atoms with Crippen LogP contribution >= 0.6 is 0 Å². The average Bonchev–Trinajstić information content (AvgIpc) is 2.38. The zero-order valence-electron chi connectivity index (χ0n) is 12.3. The quantitative estimate of drug-likeness (QED) is 0.596. The van der Waals surface area contributed by atoms with Gasteiger partial charge in [-0.3, -0.25) is 8.98 Å². The number of carbonyl (C=O) groups is 1. The number of hydrogen-bond acceptors (Lipinski definition) is 5. The van der Waals surface area contributed by atoms with Crippen molar-refractivity contribution < 1.29 is 22.1 Å². The van der Waals surface area contributed by atoms with Crippen LogP contribution in [0.1, 0.15) is 31.7 Å². The highest BCUT2D eigenvalue weighted by atomic mass is 32.2. The van der Waals surface area contributed by atoms with Crippen molar-refractivity contribution in [1.82, 2.24) is 0 Å². The molecule has 0 bridgehead atoms. The first kappa shape index (κ1) is 16.0. The Labute approximate surface area is 125 Å². The van der Waals surface area contributed by atoms with Gasteiger partial charge in [-0.25, -0.2) is 0 Å². The van der Waals surface area contributed by atoms with Crippen LogP contribution in [-0.2, 0) is 23.8 Å². The summed E-state index contributed by atoms with van der Waals surface area (Å²) in [5.41, 5.74) is 0.171. The molecule has 0 aliphatic heterocycles. The van der Waals surface area contributed by atoms with E-state index in [9.17, 15) is 13.2 Å². The Hall–Kier alpha value is -1.40. The molecular weight excluding hydrogens is 292 g/mol. The summed E-state index contributed by atoms with van der Waals surface area (Å²) in [4.78, 5) is 12.1. The average molecular weight is 312 g/mol. The lowest BCUT2D eigenvalue weighted by atomic mass is 9.69. The minimum absolute atomic E-state index is 0.103. The van der Waals surface area contributed by atoms with Crippen LogP contribution in [0.4, 0.5) is 0 Å². The zero-order chi connectivity index (χ0) is 15.5. The Morgan fingerprint density at radius 3 is 2.33 bits per heavy atom. The summed E-state index contributed by atoms with van der Waals surface area (Å²) in [6.45, 7) is 3.74. The van der Waals surface area contributed by atoms with Crippen LogP contribution in [0.25, 0.3) is 0 Å². The molecule has 0 aromatic heterocycles. The van der Waals surface area contributed by atoms with Crippen molar-refractivity contribution in [3.63, 3.8) is 0 Å². The number of rotatable bonds is 6. The summed E-state index contributed by atoms with van der Waals surface area (Å²) in [6, 6.07) is 6.42. The van der Waals surface area contributed by atoms with Crippen LogP contribution in [-0.4, -0.2) is 27.6 Å². The Balaban J connectivity index is 2.07. The van der Waals surface area contributed by atoms with Gasteiger partial charge in [0.15, 0.2) is 0 Å². The number of carbonyl (C=O) groups excluding carboxylic acids is 1. The Bertz CT molecular complexity index is 599. The third kappa shape index (κ3) is 3.44. The summed E-state index contributed by atoms with van der Waals surface area (Å²) in [7, 11) is -3.84. The van der Waals surface area contributed by atoms with Crippen molar-refractivity contribution in [3.8, 4) is 0 Å². The number of aryl methyl sites for hydroxylation is 1. The molecule has 0 saturated heterocycles. The maximum absolute atomic E-state index is 12.1. The molecule has 21 heavy (non-hydrogen) atoms. The van der Waals surface area contributed by atoms with E-state index in [2.05, 4.69) is 0 Å². The van der Waals surface area contributed by atoms with Gasteiger partial charge in [0.1, 0.15) is 0 Å². The van der Waals surface area contributed by atoms with E-state index < -0.39 is 15.5 Å². The van der Waals surface area contributed by atoms with Crippen LogP contribution in [0, 0.1) is 12.3 Å². The van der Waals surface area contributed by atoms with Gasteiger partial charge in [0.05, 0.1) is 23.5 Å². The van der Waals surface area contributed by atoms with Crippen molar-refractivity contribution in [2.75, 3.05) is 13.2 Å². The summed E-state index contributed by atoms with van der Waals surface area (Å²) >= 11 is 0. The minimum Gasteiger partial charge on any atom is -0.465 e. The minimum atomic E-state index is -3.84. The molecule has 1 aliphatic carbocycles. The highest BCUT2D eigenvalue weighted by Crippen LogP contribution is 2.42. The second-order valence-electron chi connectivity index (χ2n) is 5.38. The smallest absolute Gasteiger partial charge is 0.314 e. The molecule has 0 N–H and O–H groups in total. The SMILES string of the molecule is CCOC(=O)C1(COS(=O)(=O)c2ccc(C)cc2)CCC1. The van der Waals surface area contributed by atoms with Crippen LogP contribution < -0.4 is 0 Å². The third-order valence-corrected chi connectivity index (χ3v) is 5.10. The largest absolute Gasteiger partial charge is 0.465 e. The Kier molecular flexibility index (Phi) is 4.68. The fraction of sp³-hybridized carbons (Fsp3) is 0.533. The molecule has 1 saturated carbocycles. The van der Waals surface area contributed by atoms with Gasteiger partial charge in [-0.1, -0.05) is 24.1 Å². The van der Waals surface area contributed by atoms with Gasteiger partial charge in [-0.15, -0.1) is 0 Å².